The third-order valence-electron chi connectivity index (χ3n) is 7.72. The van der Waals surface area contributed by atoms with E-state index in [-0.39, 0.29) is 30.6 Å². The van der Waals surface area contributed by atoms with E-state index >= 15 is 0 Å². The Kier molecular flexibility index (Phi) is 10.7. The first-order valence-corrected chi connectivity index (χ1v) is 17.4. The van der Waals surface area contributed by atoms with Crippen molar-refractivity contribution in [3.63, 3.8) is 0 Å². The Morgan fingerprint density at radius 1 is 0.979 bits per heavy atom. The molecule has 0 radical (unpaired) electrons. The summed E-state index contributed by atoms with van der Waals surface area (Å²) in [7, 11) is -9.76. The van der Waals surface area contributed by atoms with Gasteiger partial charge >= 0.3 is 27.0 Å². The van der Waals surface area contributed by atoms with Crippen LogP contribution in [0.25, 0.3) is 0 Å². The second-order valence-electron chi connectivity index (χ2n) is 11.2. The Morgan fingerprint density at radius 2 is 1.60 bits per heavy atom. The van der Waals surface area contributed by atoms with Gasteiger partial charge in [0.1, 0.15) is 42.8 Å². The highest BCUT2D eigenvalue weighted by atomic mass is 31.2. The molecule has 0 aromatic carbocycles. The topological polar surface area (TPSA) is 301 Å². The number of nitrogen functional groups attached to an aromatic ring is 1. The molecular weight excluding hydrogens is 674 g/mol. The minimum atomic E-state index is -4.88. The number of H-pyrrole nitrogens is 1. The third-order valence-corrected chi connectivity index (χ3v) is 9.75. The first-order chi connectivity index (χ1) is 22.0. The van der Waals surface area contributed by atoms with Crippen LogP contribution >= 0.6 is 15.6 Å². The zero-order valence-corrected chi connectivity index (χ0v) is 26.9. The number of nitrogens with one attached hydrogen (secondary N) is 1. The summed E-state index contributed by atoms with van der Waals surface area (Å²) in [6.07, 6.45) is -7.00. The van der Waals surface area contributed by atoms with Gasteiger partial charge in [-0.15, -0.1) is 0 Å². The number of nitrogens with two attached hydrogens (primary N) is 2. The second-order valence-corrected chi connectivity index (χ2v) is 14.1. The van der Waals surface area contributed by atoms with Crippen molar-refractivity contribution in [1.29, 1.82) is 0 Å². The number of rotatable bonds is 12. The number of nitrogens with zero attached hydrogens (tertiary/aromatic N) is 3. The van der Waals surface area contributed by atoms with Crippen LogP contribution in [0.3, 0.4) is 0 Å². The molecule has 5 heterocycles. The van der Waals surface area contributed by atoms with E-state index < -0.39 is 101 Å². The van der Waals surface area contributed by atoms with Gasteiger partial charge in [-0.05, 0) is 19.9 Å². The van der Waals surface area contributed by atoms with E-state index in [1.54, 1.807) is 6.92 Å². The predicted molar refractivity (Wildman–Crippen MR) is 156 cm³/mol. The number of ether oxygens (including phenoxy) is 3. The molecule has 2 aromatic heterocycles. The molecule has 8 N–H and O–H groups in total. The van der Waals surface area contributed by atoms with Crippen LogP contribution in [0.2, 0.25) is 0 Å². The average molecular weight is 711 g/mol. The minimum Gasteiger partial charge on any atom is -0.390 e. The molecule has 0 bridgehead atoms. The molecule has 3 fully saturated rings. The van der Waals surface area contributed by atoms with Crippen LogP contribution in [-0.2, 0) is 41.4 Å². The number of hydrogen-bond acceptors (Lipinski definition) is 16. The molecular formula is C24H36N6O15P2. The van der Waals surface area contributed by atoms with Crippen LogP contribution in [0.1, 0.15) is 44.2 Å². The average Bonchev–Trinajstić information content (AvgIpc) is 3.63. The lowest BCUT2D eigenvalue weighted by molar-refractivity contribution is -0.0540. The number of phosphoric ester groups is 2. The smallest absolute Gasteiger partial charge is 0.390 e. The van der Waals surface area contributed by atoms with E-state index in [4.69, 9.17) is 43.8 Å². The molecule has 11 atom stereocenters. The van der Waals surface area contributed by atoms with Gasteiger partial charge in [0.05, 0.1) is 31.5 Å². The Balaban J connectivity index is 1.25. The third kappa shape index (κ3) is 8.70. The van der Waals surface area contributed by atoms with E-state index in [9.17, 15) is 38.4 Å². The minimum absolute atomic E-state index is 0.0589. The lowest BCUT2D eigenvalue weighted by Crippen LogP contribution is -2.33. The van der Waals surface area contributed by atoms with Crippen LogP contribution in [0.4, 0.5) is 5.82 Å². The molecule has 47 heavy (non-hydrogen) atoms. The zero-order valence-electron chi connectivity index (χ0n) is 25.1. The van der Waals surface area contributed by atoms with Gasteiger partial charge in [-0.1, -0.05) is 0 Å². The maximum atomic E-state index is 13.0. The second kappa shape index (κ2) is 14.1. The number of aliphatic hydroxyl groups excluding tert-OH is 1. The number of aromatic nitrogens is 4. The van der Waals surface area contributed by atoms with Gasteiger partial charge in [0.25, 0.3) is 5.56 Å². The van der Waals surface area contributed by atoms with Gasteiger partial charge in [0, 0.05) is 37.2 Å². The first-order valence-electron chi connectivity index (χ1n) is 14.4. The van der Waals surface area contributed by atoms with E-state index in [1.165, 1.54) is 25.4 Å². The van der Waals surface area contributed by atoms with Crippen LogP contribution in [0.15, 0.2) is 32.8 Å². The number of anilines is 1. The highest BCUT2D eigenvalue weighted by Gasteiger charge is 2.45. The zero-order chi connectivity index (χ0) is 34.3. The summed E-state index contributed by atoms with van der Waals surface area (Å²) >= 11 is 0. The van der Waals surface area contributed by atoms with E-state index in [2.05, 4.69) is 9.97 Å². The maximum absolute atomic E-state index is 13.0. The van der Waals surface area contributed by atoms with Crippen molar-refractivity contribution in [3.05, 3.63) is 55.3 Å². The molecule has 0 aliphatic carbocycles. The van der Waals surface area contributed by atoms with Gasteiger partial charge < -0.3 is 40.6 Å². The summed E-state index contributed by atoms with van der Waals surface area (Å²) in [5.74, 6) is -0.0625. The van der Waals surface area contributed by atoms with Gasteiger partial charge in [-0.25, -0.2) is 18.7 Å². The van der Waals surface area contributed by atoms with Gasteiger partial charge in [0.15, 0.2) is 0 Å². The molecule has 0 amide bonds. The van der Waals surface area contributed by atoms with Crippen LogP contribution in [0.5, 0.6) is 0 Å². The van der Waals surface area contributed by atoms with Crippen LogP contribution < -0.4 is 28.4 Å². The highest BCUT2D eigenvalue weighted by molar-refractivity contribution is 7.47. The van der Waals surface area contributed by atoms with Crippen molar-refractivity contribution in [2.75, 3.05) is 18.9 Å². The number of aliphatic hydroxyl groups is 1. The SMILES string of the molecule is Cc1cn([C@H]2C[C@H](OP(=O)(O)OC[C@H]3O[C@@H](n4ccc(N)nc4=O)C[C@@H]3OP(=O)(O)OC[C@H]3O[C@@H](N)C[C@@H]3O)[C@@H](C)O2)c(=O)[nH]c1=O. The largest absolute Gasteiger partial charge is 0.472 e. The highest BCUT2D eigenvalue weighted by Crippen LogP contribution is 2.51. The lowest BCUT2D eigenvalue weighted by atomic mass is 10.2. The fourth-order valence-corrected chi connectivity index (χ4v) is 7.27. The fourth-order valence-electron chi connectivity index (χ4n) is 5.32. The molecule has 5 rings (SSSR count). The number of hydrogen-bond donors (Lipinski definition) is 6. The summed E-state index contributed by atoms with van der Waals surface area (Å²) < 4.78 is 65.7. The Labute approximate surface area is 265 Å². The van der Waals surface area contributed by atoms with E-state index in [0.29, 0.717) is 0 Å². The van der Waals surface area contributed by atoms with Crippen LogP contribution in [-0.4, -0.2) is 90.1 Å². The molecule has 2 aromatic rings. The monoisotopic (exact) mass is 710 g/mol. The summed E-state index contributed by atoms with van der Waals surface area (Å²) in [5.41, 5.74) is 9.31. The molecule has 23 heteroatoms. The molecule has 0 saturated carbocycles. The molecule has 3 aliphatic heterocycles. The Morgan fingerprint density at radius 3 is 2.23 bits per heavy atom. The van der Waals surface area contributed by atoms with Crippen molar-refractivity contribution >= 4 is 21.5 Å². The molecule has 3 saturated heterocycles. The summed E-state index contributed by atoms with van der Waals surface area (Å²) in [5, 5.41) is 9.98. The normalized spacial score (nSPS) is 33.5. The van der Waals surface area contributed by atoms with Crippen molar-refractivity contribution in [2.45, 2.75) is 88.4 Å². The summed E-state index contributed by atoms with van der Waals surface area (Å²) in [6.45, 7) is 1.77. The van der Waals surface area contributed by atoms with Crippen molar-refractivity contribution in [1.82, 2.24) is 19.1 Å². The van der Waals surface area contributed by atoms with Crippen molar-refractivity contribution < 1.29 is 56.3 Å². The van der Waals surface area contributed by atoms with E-state index in [1.807, 2.05) is 0 Å². The number of aryl methyl sites for hydroxylation is 1. The summed E-state index contributed by atoms with van der Waals surface area (Å²) in [6, 6.07) is 1.32. The summed E-state index contributed by atoms with van der Waals surface area (Å²) in [4.78, 5) is 63.2. The number of aromatic amines is 1. The number of phosphoric acid groups is 2. The predicted octanol–water partition coefficient (Wildman–Crippen LogP) is -1.28. The molecule has 3 aliphatic rings. The lowest BCUT2D eigenvalue weighted by Gasteiger charge is -2.24. The molecule has 0 spiro atoms. The molecule has 2 unspecified atom stereocenters. The van der Waals surface area contributed by atoms with Crippen LogP contribution in [0, 0.1) is 6.92 Å². The standard InChI is InChI=1S/C24H36N6O15P2/c1-11-8-30(24(34)28-22(11)32)21-6-14(12(2)41-21)44-46(35,36)40-10-17-15(7-20(43-17)29-4-3-18(25)27-23(29)33)45-47(37,38)39-9-16-13(31)5-19(26)42-16/h3-4,8,12-17,19-21,31H,5-7,9-10,26H2,1-2H3,(H,35,36)(H,37,38)(H2,25,27,33)(H,28,32,34)/t12-,13+,14+,15+,16-,17-,19-,20-,21-/m1/s1. The quantitative estimate of drug-likeness (QED) is 0.140. The van der Waals surface area contributed by atoms with Gasteiger partial charge in [-0.2, -0.15) is 4.98 Å². The molecule has 262 valence electrons. The maximum Gasteiger partial charge on any atom is 0.472 e. The van der Waals surface area contributed by atoms with Crippen molar-refractivity contribution in [3.8, 4) is 0 Å². The van der Waals surface area contributed by atoms with Gasteiger partial charge in [0.2, 0.25) is 0 Å². The Bertz CT molecular complexity index is 1720. The van der Waals surface area contributed by atoms with Crippen molar-refractivity contribution in [2.24, 2.45) is 5.73 Å². The molecule has 21 nitrogen and oxygen atoms in total. The fraction of sp³-hybridized carbons (Fsp3) is 0.667. The Hall–Kier alpha value is -2.62. The first kappa shape index (κ1) is 35.7. The van der Waals surface area contributed by atoms with Gasteiger partial charge in [-0.3, -0.25) is 37.0 Å². The van der Waals surface area contributed by atoms with E-state index in [0.717, 1.165) is 9.13 Å².